The minimum Gasteiger partial charge on any atom is -0.484 e. The van der Waals surface area contributed by atoms with Gasteiger partial charge in [0.25, 0.3) is 5.91 Å². The second kappa shape index (κ2) is 8.56. The van der Waals surface area contributed by atoms with Crippen molar-refractivity contribution in [3.63, 3.8) is 0 Å². The molecule has 0 unspecified atom stereocenters. The molecule has 3 rings (SSSR count). The molecule has 1 N–H and O–H groups in total. The Bertz CT molecular complexity index is 743. The molecule has 1 aliphatic heterocycles. The van der Waals surface area contributed by atoms with E-state index in [0.29, 0.717) is 32.6 Å². The summed E-state index contributed by atoms with van der Waals surface area (Å²) >= 11 is 0. The van der Waals surface area contributed by atoms with Crippen molar-refractivity contribution >= 4 is 11.8 Å². The number of nitrogens with zero attached hydrogens (tertiary/aromatic N) is 2. The number of hydrogen-bond donors (Lipinski definition) is 1. The number of aromatic amines is 1. The van der Waals surface area contributed by atoms with E-state index in [1.165, 1.54) is 0 Å². The van der Waals surface area contributed by atoms with E-state index >= 15 is 0 Å². The fourth-order valence-corrected chi connectivity index (χ4v) is 3.12. The summed E-state index contributed by atoms with van der Waals surface area (Å²) in [5.74, 6) is 0.808. The summed E-state index contributed by atoms with van der Waals surface area (Å²) in [4.78, 5) is 31.5. The Hall–Kier alpha value is -2.76. The highest BCUT2D eigenvalue weighted by Gasteiger charge is 2.22. The molecule has 0 saturated carbocycles. The molecule has 0 atom stereocenters. The first kappa shape index (κ1) is 18.0. The number of ether oxygens (including phenoxy) is 1. The zero-order chi connectivity index (χ0) is 18.4. The van der Waals surface area contributed by atoms with Crippen LogP contribution in [0.1, 0.15) is 17.5 Å². The van der Waals surface area contributed by atoms with Gasteiger partial charge in [-0.05, 0) is 36.6 Å². The highest BCUT2D eigenvalue weighted by Crippen LogP contribution is 2.16. The zero-order valence-electron chi connectivity index (χ0n) is 15.1. The number of amides is 2. The van der Waals surface area contributed by atoms with Gasteiger partial charge in [0.2, 0.25) is 5.91 Å². The monoisotopic (exact) mass is 355 g/mol. The van der Waals surface area contributed by atoms with Gasteiger partial charge < -0.3 is 19.5 Å². The lowest BCUT2D eigenvalue weighted by molar-refractivity contribution is -0.134. The Morgan fingerprint density at radius 3 is 2.46 bits per heavy atom. The van der Waals surface area contributed by atoms with Crippen LogP contribution >= 0.6 is 0 Å². The molecular formula is C20H25N3O3. The number of aromatic nitrogens is 1. The predicted molar refractivity (Wildman–Crippen MR) is 98.9 cm³/mol. The summed E-state index contributed by atoms with van der Waals surface area (Å²) in [5, 5.41) is 0. The average molecular weight is 355 g/mol. The number of carbonyl (C=O) groups excluding carboxylic acids is 2. The van der Waals surface area contributed by atoms with E-state index in [2.05, 4.69) is 4.98 Å². The Labute approximate surface area is 153 Å². The van der Waals surface area contributed by atoms with Crippen molar-refractivity contribution in [2.45, 2.75) is 19.8 Å². The molecule has 1 aliphatic rings. The lowest BCUT2D eigenvalue weighted by atomic mass is 10.2. The number of rotatable bonds is 5. The Balaban J connectivity index is 1.49. The van der Waals surface area contributed by atoms with E-state index in [0.717, 1.165) is 23.3 Å². The third-order valence-corrected chi connectivity index (χ3v) is 4.66. The van der Waals surface area contributed by atoms with Gasteiger partial charge in [-0.2, -0.15) is 0 Å². The Kier molecular flexibility index (Phi) is 5.94. The first-order valence-corrected chi connectivity index (χ1v) is 8.99. The Morgan fingerprint density at radius 2 is 1.77 bits per heavy atom. The zero-order valence-corrected chi connectivity index (χ0v) is 15.1. The van der Waals surface area contributed by atoms with Gasteiger partial charge in [-0.3, -0.25) is 9.59 Å². The molecular weight excluding hydrogens is 330 g/mol. The maximum Gasteiger partial charge on any atom is 0.260 e. The summed E-state index contributed by atoms with van der Waals surface area (Å²) < 4.78 is 5.66. The third-order valence-electron chi connectivity index (χ3n) is 4.66. The van der Waals surface area contributed by atoms with Crippen molar-refractivity contribution in [3.8, 4) is 5.75 Å². The quantitative estimate of drug-likeness (QED) is 0.892. The van der Waals surface area contributed by atoms with Crippen LogP contribution in [0.25, 0.3) is 0 Å². The number of benzene rings is 1. The van der Waals surface area contributed by atoms with Crippen molar-refractivity contribution in [1.82, 2.24) is 14.8 Å². The fraction of sp³-hybridized carbons (Fsp3) is 0.400. The molecule has 1 aromatic heterocycles. The molecule has 26 heavy (non-hydrogen) atoms. The van der Waals surface area contributed by atoms with Crippen LogP contribution in [0.3, 0.4) is 0 Å². The van der Waals surface area contributed by atoms with E-state index in [1.54, 1.807) is 4.90 Å². The largest absolute Gasteiger partial charge is 0.484 e. The summed E-state index contributed by atoms with van der Waals surface area (Å²) in [5.41, 5.74) is 2.00. The van der Waals surface area contributed by atoms with Crippen LogP contribution in [0.5, 0.6) is 5.75 Å². The highest BCUT2D eigenvalue weighted by atomic mass is 16.5. The van der Waals surface area contributed by atoms with Crippen LogP contribution in [0.4, 0.5) is 0 Å². The van der Waals surface area contributed by atoms with Gasteiger partial charge >= 0.3 is 0 Å². The SMILES string of the molecule is Cc1ccccc1OCC(=O)N1CCCN(C(=O)Cc2cc[nH]c2)CC1. The van der Waals surface area contributed by atoms with Crippen LogP contribution in [0.15, 0.2) is 42.7 Å². The number of aryl methyl sites for hydroxylation is 1. The standard InChI is InChI=1S/C20H25N3O3/c1-16-5-2-3-6-18(16)26-15-20(25)23-10-4-9-22(11-12-23)19(24)13-17-7-8-21-14-17/h2-3,5-8,14,21H,4,9-13,15H2,1H3. The van der Waals surface area contributed by atoms with Crippen LogP contribution in [-0.2, 0) is 16.0 Å². The molecule has 2 aromatic rings. The molecule has 138 valence electrons. The highest BCUT2D eigenvalue weighted by molar-refractivity contribution is 5.80. The van der Waals surface area contributed by atoms with Crippen LogP contribution in [0.2, 0.25) is 0 Å². The average Bonchev–Trinajstić information content (AvgIpc) is 3.02. The molecule has 0 radical (unpaired) electrons. The minimum absolute atomic E-state index is 0.0299. The lowest BCUT2D eigenvalue weighted by Crippen LogP contribution is -2.39. The molecule has 1 saturated heterocycles. The molecule has 0 bridgehead atoms. The predicted octanol–water partition coefficient (Wildman–Crippen LogP) is 2.01. The van der Waals surface area contributed by atoms with Crippen LogP contribution < -0.4 is 4.74 Å². The molecule has 6 heteroatoms. The normalized spacial score (nSPS) is 14.8. The van der Waals surface area contributed by atoms with Crippen LogP contribution in [0, 0.1) is 6.92 Å². The van der Waals surface area contributed by atoms with Crippen molar-refractivity contribution in [2.75, 3.05) is 32.8 Å². The number of hydrogen-bond acceptors (Lipinski definition) is 3. The summed E-state index contributed by atoms with van der Waals surface area (Å²) in [6.45, 7) is 4.45. The van der Waals surface area contributed by atoms with Gasteiger partial charge in [-0.15, -0.1) is 0 Å². The van der Waals surface area contributed by atoms with E-state index in [4.69, 9.17) is 4.74 Å². The number of H-pyrrole nitrogens is 1. The summed E-state index contributed by atoms with van der Waals surface area (Å²) in [7, 11) is 0. The van der Waals surface area contributed by atoms with E-state index in [9.17, 15) is 9.59 Å². The first-order chi connectivity index (χ1) is 12.6. The molecule has 6 nitrogen and oxygen atoms in total. The molecule has 0 aliphatic carbocycles. The Morgan fingerprint density at radius 1 is 1.04 bits per heavy atom. The number of nitrogens with one attached hydrogen (secondary N) is 1. The summed E-state index contributed by atoms with van der Waals surface area (Å²) in [6.07, 6.45) is 4.84. The van der Waals surface area contributed by atoms with E-state index in [1.807, 2.05) is 54.5 Å². The van der Waals surface area contributed by atoms with Crippen molar-refractivity contribution in [2.24, 2.45) is 0 Å². The molecule has 2 heterocycles. The van der Waals surface area contributed by atoms with Gasteiger partial charge in [-0.25, -0.2) is 0 Å². The van der Waals surface area contributed by atoms with Crippen LogP contribution in [-0.4, -0.2) is 59.4 Å². The maximum atomic E-state index is 12.5. The number of carbonyl (C=O) groups is 2. The minimum atomic E-state index is -0.0341. The smallest absolute Gasteiger partial charge is 0.260 e. The van der Waals surface area contributed by atoms with E-state index in [-0.39, 0.29) is 18.4 Å². The molecule has 0 spiro atoms. The maximum absolute atomic E-state index is 12.5. The lowest BCUT2D eigenvalue weighted by Gasteiger charge is -2.22. The summed E-state index contributed by atoms with van der Waals surface area (Å²) in [6, 6.07) is 9.57. The van der Waals surface area contributed by atoms with Gasteiger partial charge in [0.05, 0.1) is 6.42 Å². The van der Waals surface area contributed by atoms with Crippen molar-refractivity contribution in [1.29, 1.82) is 0 Å². The third kappa shape index (κ3) is 4.65. The van der Waals surface area contributed by atoms with Gasteiger partial charge in [0.15, 0.2) is 6.61 Å². The first-order valence-electron chi connectivity index (χ1n) is 8.99. The fourth-order valence-electron chi connectivity index (χ4n) is 3.12. The van der Waals surface area contributed by atoms with Crippen molar-refractivity contribution in [3.05, 3.63) is 53.9 Å². The number of para-hydroxylation sites is 1. The molecule has 2 amide bonds. The van der Waals surface area contributed by atoms with Gasteiger partial charge in [0, 0.05) is 38.6 Å². The topological polar surface area (TPSA) is 65.6 Å². The van der Waals surface area contributed by atoms with Crippen molar-refractivity contribution < 1.29 is 14.3 Å². The molecule has 1 fully saturated rings. The second-order valence-corrected chi connectivity index (χ2v) is 6.57. The molecule has 1 aromatic carbocycles. The van der Waals surface area contributed by atoms with Gasteiger partial charge in [0.1, 0.15) is 5.75 Å². The second-order valence-electron chi connectivity index (χ2n) is 6.57. The van der Waals surface area contributed by atoms with Gasteiger partial charge in [-0.1, -0.05) is 18.2 Å². The van der Waals surface area contributed by atoms with E-state index < -0.39 is 0 Å².